The van der Waals surface area contributed by atoms with Crippen LogP contribution in [-0.4, -0.2) is 38.7 Å². The molecule has 1 saturated heterocycles. The molecule has 0 aliphatic carbocycles. The Morgan fingerprint density at radius 1 is 1.07 bits per heavy atom. The van der Waals surface area contributed by atoms with Crippen LogP contribution in [0.25, 0.3) is 0 Å². The van der Waals surface area contributed by atoms with Crippen LogP contribution in [0.1, 0.15) is 23.2 Å². The van der Waals surface area contributed by atoms with Gasteiger partial charge in [0.25, 0.3) is 11.8 Å². The number of ether oxygens (including phenoxy) is 3. The smallest absolute Gasteiger partial charge is 0.255 e. The second-order valence-electron chi connectivity index (χ2n) is 6.22. The number of benzene rings is 2. The highest BCUT2D eigenvalue weighted by atomic mass is 35.5. The van der Waals surface area contributed by atoms with Crippen molar-refractivity contribution >= 4 is 34.8 Å². The van der Waals surface area contributed by atoms with E-state index in [0.29, 0.717) is 35.0 Å². The molecule has 7 nitrogen and oxygen atoms in total. The van der Waals surface area contributed by atoms with Crippen LogP contribution in [0, 0.1) is 0 Å². The van der Waals surface area contributed by atoms with Gasteiger partial charge in [0.05, 0.1) is 19.2 Å². The molecule has 0 spiro atoms. The Morgan fingerprint density at radius 2 is 1.75 bits per heavy atom. The quantitative estimate of drug-likeness (QED) is 0.766. The first-order chi connectivity index (χ1) is 13.5. The Labute approximate surface area is 167 Å². The lowest BCUT2D eigenvalue weighted by Crippen LogP contribution is -2.26. The van der Waals surface area contributed by atoms with Gasteiger partial charge < -0.3 is 24.8 Å². The minimum atomic E-state index is -0.394. The number of carbonyl (C=O) groups excluding carboxylic acids is 2. The van der Waals surface area contributed by atoms with Gasteiger partial charge in [0.1, 0.15) is 6.10 Å². The van der Waals surface area contributed by atoms with Gasteiger partial charge in [0, 0.05) is 23.5 Å². The first-order valence-corrected chi connectivity index (χ1v) is 9.15. The number of anilines is 2. The van der Waals surface area contributed by atoms with E-state index in [1.54, 1.807) is 30.3 Å². The van der Waals surface area contributed by atoms with E-state index >= 15 is 0 Å². The molecule has 2 N–H and O–H groups in total. The highest BCUT2D eigenvalue weighted by Crippen LogP contribution is 2.36. The van der Waals surface area contributed by atoms with Crippen molar-refractivity contribution in [1.29, 1.82) is 0 Å². The highest BCUT2D eigenvalue weighted by molar-refractivity contribution is 6.32. The van der Waals surface area contributed by atoms with Crippen LogP contribution >= 0.6 is 11.6 Å². The van der Waals surface area contributed by atoms with Crippen LogP contribution in [-0.2, 0) is 9.53 Å². The molecule has 8 heteroatoms. The maximum atomic E-state index is 12.5. The van der Waals surface area contributed by atoms with Crippen molar-refractivity contribution in [2.24, 2.45) is 0 Å². The summed E-state index contributed by atoms with van der Waals surface area (Å²) in [6.07, 6.45) is 1.23. The lowest BCUT2D eigenvalue weighted by molar-refractivity contribution is -0.124. The van der Waals surface area contributed by atoms with E-state index in [4.69, 9.17) is 25.8 Å². The molecule has 148 valence electrons. The number of hydrogen-bond donors (Lipinski definition) is 2. The summed E-state index contributed by atoms with van der Waals surface area (Å²) in [5.74, 6) is 0.229. The zero-order chi connectivity index (χ0) is 20.1. The fourth-order valence-electron chi connectivity index (χ4n) is 2.90. The van der Waals surface area contributed by atoms with Crippen molar-refractivity contribution in [3.8, 4) is 11.5 Å². The standard InChI is InChI=1S/C20H21ClN2O5/c1-26-17-11-12(10-15(21)18(17)27-2)19(24)22-13-5-7-14(8-6-13)23-20(25)16-4-3-9-28-16/h5-8,10-11,16H,3-4,9H2,1-2H3,(H,22,24)(H,23,25). The van der Waals surface area contributed by atoms with Crippen LogP contribution in [0.4, 0.5) is 11.4 Å². The van der Waals surface area contributed by atoms with Gasteiger partial charge in [-0.1, -0.05) is 11.6 Å². The van der Waals surface area contributed by atoms with Gasteiger partial charge in [-0.25, -0.2) is 0 Å². The third kappa shape index (κ3) is 4.55. The summed E-state index contributed by atoms with van der Waals surface area (Å²) in [6.45, 7) is 0.614. The monoisotopic (exact) mass is 404 g/mol. The number of rotatable bonds is 6. The molecule has 0 bridgehead atoms. The lowest BCUT2D eigenvalue weighted by Gasteiger charge is -2.13. The topological polar surface area (TPSA) is 85.9 Å². The zero-order valence-electron chi connectivity index (χ0n) is 15.6. The van der Waals surface area contributed by atoms with Crippen molar-refractivity contribution in [2.75, 3.05) is 31.5 Å². The van der Waals surface area contributed by atoms with Gasteiger partial charge in [-0.2, -0.15) is 0 Å². The van der Waals surface area contributed by atoms with Gasteiger partial charge >= 0.3 is 0 Å². The minimum absolute atomic E-state index is 0.158. The van der Waals surface area contributed by atoms with Gasteiger partial charge in [0.15, 0.2) is 11.5 Å². The molecule has 1 heterocycles. The molecule has 0 aromatic heterocycles. The van der Waals surface area contributed by atoms with Crippen LogP contribution in [0.15, 0.2) is 36.4 Å². The molecule has 1 unspecified atom stereocenters. The summed E-state index contributed by atoms with van der Waals surface area (Å²) < 4.78 is 15.7. The largest absolute Gasteiger partial charge is 0.493 e. The Kier molecular flexibility index (Phi) is 6.38. The van der Waals surface area contributed by atoms with E-state index in [9.17, 15) is 9.59 Å². The van der Waals surface area contributed by atoms with E-state index in [2.05, 4.69) is 10.6 Å². The zero-order valence-corrected chi connectivity index (χ0v) is 16.3. The molecule has 2 aromatic rings. The number of amides is 2. The maximum absolute atomic E-state index is 12.5. The second kappa shape index (κ2) is 8.95. The molecule has 2 aromatic carbocycles. The van der Waals surface area contributed by atoms with E-state index in [1.165, 1.54) is 20.3 Å². The highest BCUT2D eigenvalue weighted by Gasteiger charge is 2.23. The fourth-order valence-corrected chi connectivity index (χ4v) is 3.18. The van der Waals surface area contributed by atoms with E-state index in [0.717, 1.165) is 12.8 Å². The third-order valence-electron chi connectivity index (χ3n) is 4.33. The van der Waals surface area contributed by atoms with Crippen LogP contribution in [0.5, 0.6) is 11.5 Å². The molecule has 1 aliphatic heterocycles. The molecule has 0 saturated carbocycles. The van der Waals surface area contributed by atoms with Crippen LogP contribution in [0.3, 0.4) is 0 Å². The molecular weight excluding hydrogens is 384 g/mol. The number of hydrogen-bond acceptors (Lipinski definition) is 5. The average molecular weight is 405 g/mol. The van der Waals surface area contributed by atoms with Gasteiger partial charge in [-0.05, 0) is 49.2 Å². The first kappa shape index (κ1) is 20.0. The summed E-state index contributed by atoms with van der Waals surface area (Å²) in [7, 11) is 2.95. The average Bonchev–Trinajstić information content (AvgIpc) is 3.23. The molecule has 3 rings (SSSR count). The van der Waals surface area contributed by atoms with Crippen LogP contribution < -0.4 is 20.1 Å². The predicted octanol–water partition coefficient (Wildman–Crippen LogP) is 3.73. The van der Waals surface area contributed by atoms with Crippen molar-refractivity contribution in [3.05, 3.63) is 47.0 Å². The molecular formula is C20H21ClN2O5. The summed E-state index contributed by atoms with van der Waals surface area (Å²) in [4.78, 5) is 24.6. The summed E-state index contributed by atoms with van der Waals surface area (Å²) in [5, 5.41) is 5.86. The van der Waals surface area contributed by atoms with E-state index < -0.39 is 6.10 Å². The molecule has 0 radical (unpaired) electrons. The van der Waals surface area contributed by atoms with Crippen molar-refractivity contribution in [2.45, 2.75) is 18.9 Å². The molecule has 28 heavy (non-hydrogen) atoms. The Balaban J connectivity index is 1.66. The van der Waals surface area contributed by atoms with Gasteiger partial charge in [-0.3, -0.25) is 9.59 Å². The Morgan fingerprint density at radius 3 is 2.32 bits per heavy atom. The third-order valence-corrected chi connectivity index (χ3v) is 4.61. The second-order valence-corrected chi connectivity index (χ2v) is 6.62. The lowest BCUT2D eigenvalue weighted by atomic mass is 10.1. The summed E-state index contributed by atoms with van der Waals surface area (Å²) in [5.41, 5.74) is 1.54. The number of nitrogens with one attached hydrogen (secondary N) is 2. The molecule has 2 amide bonds. The first-order valence-electron chi connectivity index (χ1n) is 8.77. The number of methoxy groups -OCH3 is 2. The number of halogens is 1. The predicted molar refractivity (Wildman–Crippen MR) is 107 cm³/mol. The summed E-state index contributed by atoms with van der Waals surface area (Å²) in [6, 6.07) is 9.88. The normalized spacial score (nSPS) is 15.8. The van der Waals surface area contributed by atoms with Crippen molar-refractivity contribution in [3.63, 3.8) is 0 Å². The van der Waals surface area contributed by atoms with Crippen molar-refractivity contribution < 1.29 is 23.8 Å². The van der Waals surface area contributed by atoms with Crippen molar-refractivity contribution in [1.82, 2.24) is 0 Å². The number of carbonyl (C=O) groups is 2. The SMILES string of the molecule is COc1cc(C(=O)Nc2ccc(NC(=O)C3CCCO3)cc2)cc(Cl)c1OC. The Hall–Kier alpha value is -2.77. The summed E-state index contributed by atoms with van der Waals surface area (Å²) >= 11 is 6.15. The molecule has 1 aliphatic rings. The molecule has 1 atom stereocenters. The van der Waals surface area contributed by atoms with E-state index in [-0.39, 0.29) is 16.8 Å². The Bertz CT molecular complexity index is 864. The van der Waals surface area contributed by atoms with Gasteiger partial charge in [0.2, 0.25) is 0 Å². The van der Waals surface area contributed by atoms with E-state index in [1.807, 2.05) is 0 Å². The maximum Gasteiger partial charge on any atom is 0.255 e. The van der Waals surface area contributed by atoms with Gasteiger partial charge in [-0.15, -0.1) is 0 Å². The van der Waals surface area contributed by atoms with Crippen LogP contribution in [0.2, 0.25) is 5.02 Å². The fraction of sp³-hybridized carbons (Fsp3) is 0.300. The molecule has 1 fully saturated rings. The minimum Gasteiger partial charge on any atom is -0.493 e.